The summed E-state index contributed by atoms with van der Waals surface area (Å²) in [6.07, 6.45) is 7.23. The molecule has 1 aromatic rings. The first kappa shape index (κ1) is 10.5. The molecule has 72 valence electrons. The van der Waals surface area contributed by atoms with E-state index in [1.165, 1.54) is 6.08 Å². The highest BCUT2D eigenvalue weighted by Gasteiger charge is 1.94. The van der Waals surface area contributed by atoms with Crippen LogP contribution < -0.4 is 0 Å². The zero-order valence-electron chi connectivity index (χ0n) is 8.31. The van der Waals surface area contributed by atoms with E-state index in [0.29, 0.717) is 0 Å². The Labute approximate surface area is 84.8 Å². The average Bonchev–Trinajstić information content (AvgIpc) is 2.25. The van der Waals surface area contributed by atoms with Gasteiger partial charge in [-0.05, 0) is 23.6 Å². The van der Waals surface area contributed by atoms with Crippen LogP contribution in [0, 0.1) is 0 Å². The first-order chi connectivity index (χ1) is 6.88. The minimum atomic E-state index is 0.798. The molecule has 0 spiro atoms. The second-order valence-electron chi connectivity index (χ2n) is 2.93. The lowest BCUT2D eigenvalue weighted by Gasteiger charge is -2.00. The lowest BCUT2D eigenvalue weighted by molar-refractivity contribution is -0.104. The molecule has 0 aliphatic carbocycles. The molecule has 0 radical (unpaired) electrons. The maximum absolute atomic E-state index is 10.2. The minimum absolute atomic E-state index is 0.798. The van der Waals surface area contributed by atoms with Gasteiger partial charge in [-0.2, -0.15) is 0 Å². The van der Waals surface area contributed by atoms with E-state index >= 15 is 0 Å². The topological polar surface area (TPSA) is 17.1 Å². The molecule has 14 heavy (non-hydrogen) atoms. The number of benzene rings is 1. The van der Waals surface area contributed by atoms with Crippen molar-refractivity contribution in [3.8, 4) is 0 Å². The van der Waals surface area contributed by atoms with Crippen LogP contribution in [0.5, 0.6) is 0 Å². The third kappa shape index (κ3) is 3.02. The number of aldehydes is 1. The Kier molecular flexibility index (Phi) is 4.42. The van der Waals surface area contributed by atoms with Gasteiger partial charge in [-0.1, -0.05) is 49.4 Å². The maximum atomic E-state index is 10.2. The van der Waals surface area contributed by atoms with Crippen LogP contribution in [0.15, 0.2) is 48.6 Å². The number of carbonyl (C=O) groups is 1. The first-order valence-electron chi connectivity index (χ1n) is 4.76. The molecular weight excluding hydrogens is 172 g/mol. The Hall–Kier alpha value is -1.63. The average molecular weight is 186 g/mol. The van der Waals surface area contributed by atoms with Crippen molar-refractivity contribution in [1.82, 2.24) is 0 Å². The summed E-state index contributed by atoms with van der Waals surface area (Å²) in [6.45, 7) is 2.08. The molecule has 0 aromatic heterocycles. The lowest BCUT2D eigenvalue weighted by atomic mass is 10.0. The summed E-state index contributed by atoms with van der Waals surface area (Å²) in [5.41, 5.74) is 2.24. The number of hydrogen-bond donors (Lipinski definition) is 0. The highest BCUT2D eigenvalue weighted by atomic mass is 16.1. The van der Waals surface area contributed by atoms with Gasteiger partial charge in [0.25, 0.3) is 0 Å². The molecule has 0 saturated carbocycles. The highest BCUT2D eigenvalue weighted by Crippen LogP contribution is 2.15. The molecule has 0 saturated heterocycles. The van der Waals surface area contributed by atoms with Crippen molar-refractivity contribution in [2.45, 2.75) is 13.3 Å². The summed E-state index contributed by atoms with van der Waals surface area (Å²) in [5, 5.41) is 0. The van der Waals surface area contributed by atoms with Gasteiger partial charge >= 0.3 is 0 Å². The van der Waals surface area contributed by atoms with Crippen molar-refractivity contribution in [3.05, 3.63) is 54.1 Å². The van der Waals surface area contributed by atoms with Crippen molar-refractivity contribution < 1.29 is 4.79 Å². The third-order valence-electron chi connectivity index (χ3n) is 1.89. The minimum Gasteiger partial charge on any atom is -0.299 e. The van der Waals surface area contributed by atoms with E-state index in [2.05, 4.69) is 13.0 Å². The Morgan fingerprint density at radius 3 is 2.57 bits per heavy atom. The maximum Gasteiger partial charge on any atom is 0.142 e. The van der Waals surface area contributed by atoms with Gasteiger partial charge in [-0.3, -0.25) is 4.79 Å². The van der Waals surface area contributed by atoms with Crippen molar-refractivity contribution in [1.29, 1.82) is 0 Å². The fourth-order valence-corrected chi connectivity index (χ4v) is 1.28. The van der Waals surface area contributed by atoms with Gasteiger partial charge < -0.3 is 0 Å². The molecule has 0 unspecified atom stereocenters. The molecule has 0 amide bonds. The molecule has 0 N–H and O–H groups in total. The van der Waals surface area contributed by atoms with E-state index in [9.17, 15) is 4.79 Å². The third-order valence-corrected chi connectivity index (χ3v) is 1.89. The van der Waals surface area contributed by atoms with Crippen LogP contribution in [0.25, 0.3) is 5.57 Å². The molecule has 1 rings (SSSR count). The predicted molar refractivity (Wildman–Crippen MR) is 59.9 cm³/mol. The molecule has 0 aliphatic rings. The van der Waals surface area contributed by atoms with Crippen LogP contribution in [-0.4, -0.2) is 6.29 Å². The van der Waals surface area contributed by atoms with Crippen LogP contribution in [0.4, 0.5) is 0 Å². The van der Waals surface area contributed by atoms with Crippen molar-refractivity contribution >= 4 is 11.9 Å². The molecule has 0 fully saturated rings. The van der Waals surface area contributed by atoms with E-state index in [0.717, 1.165) is 23.8 Å². The second-order valence-corrected chi connectivity index (χ2v) is 2.93. The summed E-state index contributed by atoms with van der Waals surface area (Å²) in [7, 11) is 0. The van der Waals surface area contributed by atoms with E-state index in [4.69, 9.17) is 0 Å². The lowest BCUT2D eigenvalue weighted by Crippen LogP contribution is -1.80. The van der Waals surface area contributed by atoms with Gasteiger partial charge in [0.1, 0.15) is 6.29 Å². The Balaban J connectivity index is 2.95. The van der Waals surface area contributed by atoms with Crippen molar-refractivity contribution in [2.24, 2.45) is 0 Å². The summed E-state index contributed by atoms with van der Waals surface area (Å²) in [4.78, 5) is 10.2. The fourth-order valence-electron chi connectivity index (χ4n) is 1.28. The Morgan fingerprint density at radius 2 is 2.00 bits per heavy atom. The molecular formula is C13H14O. The molecule has 0 bridgehead atoms. The van der Waals surface area contributed by atoms with Gasteiger partial charge in [0.05, 0.1) is 0 Å². The Morgan fingerprint density at radius 1 is 1.29 bits per heavy atom. The van der Waals surface area contributed by atoms with Gasteiger partial charge in [0.2, 0.25) is 0 Å². The Bertz CT molecular complexity index is 334. The number of allylic oxidation sites excluding steroid dienone is 4. The van der Waals surface area contributed by atoms with E-state index in [1.54, 1.807) is 0 Å². The largest absolute Gasteiger partial charge is 0.299 e. The summed E-state index contributed by atoms with van der Waals surface area (Å²) in [5.74, 6) is 0. The summed E-state index contributed by atoms with van der Waals surface area (Å²) in [6, 6.07) is 10.0. The predicted octanol–water partition coefficient (Wildman–Crippen LogP) is 3.24. The van der Waals surface area contributed by atoms with E-state index in [1.807, 2.05) is 36.4 Å². The quantitative estimate of drug-likeness (QED) is 0.401. The van der Waals surface area contributed by atoms with Gasteiger partial charge in [-0.25, -0.2) is 0 Å². The number of carbonyl (C=O) groups excluding carboxylic acids is 1. The standard InChI is InChI=1S/C13H14O/c1-2-7-12(10-6-11-14)13-8-4-3-5-9-13/h3-11H,2H2,1H3/b10-6+,12-7-. The SMILES string of the molecule is CC/C=C(/C=C/C=O)c1ccccc1. The molecule has 0 aliphatic heterocycles. The van der Waals surface area contributed by atoms with Gasteiger partial charge in [-0.15, -0.1) is 0 Å². The van der Waals surface area contributed by atoms with Crippen LogP contribution in [0.1, 0.15) is 18.9 Å². The highest BCUT2D eigenvalue weighted by molar-refractivity contribution is 5.79. The van der Waals surface area contributed by atoms with Crippen molar-refractivity contribution in [2.75, 3.05) is 0 Å². The monoisotopic (exact) mass is 186 g/mol. The van der Waals surface area contributed by atoms with Crippen LogP contribution in [0.2, 0.25) is 0 Å². The fraction of sp³-hybridized carbons (Fsp3) is 0.154. The van der Waals surface area contributed by atoms with E-state index < -0.39 is 0 Å². The second kappa shape index (κ2) is 5.92. The van der Waals surface area contributed by atoms with Gasteiger partial charge in [0, 0.05) is 0 Å². The van der Waals surface area contributed by atoms with Crippen LogP contribution in [-0.2, 0) is 4.79 Å². The zero-order chi connectivity index (χ0) is 10.2. The number of hydrogen-bond acceptors (Lipinski definition) is 1. The smallest absolute Gasteiger partial charge is 0.142 e. The first-order valence-corrected chi connectivity index (χ1v) is 4.76. The molecule has 1 nitrogen and oxygen atoms in total. The molecule has 0 atom stereocenters. The molecule has 1 aromatic carbocycles. The zero-order valence-corrected chi connectivity index (χ0v) is 8.31. The molecule has 0 heterocycles. The molecule has 1 heteroatoms. The van der Waals surface area contributed by atoms with Crippen LogP contribution in [0.3, 0.4) is 0 Å². The van der Waals surface area contributed by atoms with Crippen LogP contribution >= 0.6 is 0 Å². The summed E-state index contributed by atoms with van der Waals surface area (Å²) >= 11 is 0. The normalized spacial score (nSPS) is 11.9. The van der Waals surface area contributed by atoms with Crippen molar-refractivity contribution in [3.63, 3.8) is 0 Å². The number of rotatable bonds is 4. The van der Waals surface area contributed by atoms with Gasteiger partial charge in [0.15, 0.2) is 0 Å². The van der Waals surface area contributed by atoms with E-state index in [-0.39, 0.29) is 0 Å². The summed E-state index contributed by atoms with van der Waals surface area (Å²) < 4.78 is 0.